The van der Waals surface area contributed by atoms with Crippen LogP contribution in [0, 0.1) is 0 Å². The number of fused-ring (bicyclic) bond motifs is 1. The van der Waals surface area contributed by atoms with Crippen molar-refractivity contribution in [2.24, 2.45) is 0 Å². The third kappa shape index (κ3) is 2.57. The van der Waals surface area contributed by atoms with Crippen LogP contribution < -0.4 is 0 Å². The third-order valence-electron chi connectivity index (χ3n) is 4.63. The first kappa shape index (κ1) is 14.2. The smallest absolute Gasteiger partial charge is 0.233 e. The topological polar surface area (TPSA) is 38.9 Å². The van der Waals surface area contributed by atoms with Crippen molar-refractivity contribution in [3.8, 4) is 5.95 Å². The highest BCUT2D eigenvalue weighted by molar-refractivity contribution is 5.21. The predicted molar refractivity (Wildman–Crippen MR) is 89.2 cm³/mol. The molecule has 5 nitrogen and oxygen atoms in total. The molecule has 5 heteroatoms. The zero-order valence-electron chi connectivity index (χ0n) is 13.3. The maximum atomic E-state index is 4.37. The quantitative estimate of drug-likeness (QED) is 0.743. The van der Waals surface area contributed by atoms with E-state index in [0.29, 0.717) is 6.04 Å². The molecule has 3 aromatic heterocycles. The van der Waals surface area contributed by atoms with E-state index in [1.54, 1.807) is 12.4 Å². The molecule has 0 aromatic carbocycles. The Morgan fingerprint density at radius 1 is 1.04 bits per heavy atom. The second-order valence-electron chi connectivity index (χ2n) is 5.94. The van der Waals surface area contributed by atoms with Crippen LogP contribution in [-0.2, 0) is 13.1 Å². The van der Waals surface area contributed by atoms with Crippen molar-refractivity contribution in [2.45, 2.75) is 32.5 Å². The van der Waals surface area contributed by atoms with E-state index in [9.17, 15) is 0 Å². The van der Waals surface area contributed by atoms with Crippen molar-refractivity contribution in [3.63, 3.8) is 0 Å². The van der Waals surface area contributed by atoms with Gasteiger partial charge in [-0.25, -0.2) is 9.97 Å². The maximum absolute atomic E-state index is 4.37. The van der Waals surface area contributed by atoms with E-state index in [0.717, 1.165) is 32.0 Å². The summed E-state index contributed by atoms with van der Waals surface area (Å²) in [5, 5.41) is 0. The molecule has 0 amide bonds. The molecular weight excluding hydrogens is 286 g/mol. The van der Waals surface area contributed by atoms with Crippen LogP contribution in [-0.4, -0.2) is 30.5 Å². The highest BCUT2D eigenvalue weighted by atomic mass is 15.2. The molecule has 0 saturated heterocycles. The molecule has 0 unspecified atom stereocenters. The van der Waals surface area contributed by atoms with Gasteiger partial charge in [0.25, 0.3) is 0 Å². The van der Waals surface area contributed by atoms with Crippen LogP contribution in [0.25, 0.3) is 5.95 Å². The average Bonchev–Trinajstić information content (AvgIpc) is 3.24. The summed E-state index contributed by atoms with van der Waals surface area (Å²) in [5.74, 6) is 0.737. The molecule has 1 atom stereocenters. The maximum Gasteiger partial charge on any atom is 0.233 e. The van der Waals surface area contributed by atoms with Gasteiger partial charge in [0, 0.05) is 55.8 Å². The normalized spacial score (nSPS) is 18.0. The Bertz CT molecular complexity index is 774. The number of hydrogen-bond acceptors (Lipinski definition) is 3. The number of rotatable bonds is 4. The Hall–Kier alpha value is -2.40. The molecule has 3 aromatic rings. The zero-order valence-corrected chi connectivity index (χ0v) is 13.3. The van der Waals surface area contributed by atoms with E-state index in [-0.39, 0.29) is 0 Å². The summed E-state index contributed by atoms with van der Waals surface area (Å²) in [6.45, 7) is 5.30. The van der Waals surface area contributed by atoms with Gasteiger partial charge in [-0.1, -0.05) is 6.92 Å². The summed E-state index contributed by atoms with van der Waals surface area (Å²) in [4.78, 5) is 11.3. The van der Waals surface area contributed by atoms with Crippen LogP contribution in [0.4, 0.5) is 0 Å². The second-order valence-corrected chi connectivity index (χ2v) is 5.94. The first-order valence-corrected chi connectivity index (χ1v) is 8.19. The van der Waals surface area contributed by atoms with Crippen LogP contribution in [0.3, 0.4) is 0 Å². The number of aromatic nitrogens is 4. The summed E-state index contributed by atoms with van der Waals surface area (Å²) < 4.78 is 4.46. The Balaban J connectivity index is 1.61. The van der Waals surface area contributed by atoms with Crippen molar-refractivity contribution in [3.05, 3.63) is 66.5 Å². The Kier molecular flexibility index (Phi) is 3.71. The van der Waals surface area contributed by atoms with Crippen molar-refractivity contribution in [1.29, 1.82) is 0 Å². The van der Waals surface area contributed by atoms with Crippen LogP contribution in [0.2, 0.25) is 0 Å². The first-order chi connectivity index (χ1) is 11.4. The number of hydrogen-bond donors (Lipinski definition) is 0. The van der Waals surface area contributed by atoms with Gasteiger partial charge in [0.15, 0.2) is 0 Å². The van der Waals surface area contributed by atoms with Gasteiger partial charge in [-0.05, 0) is 36.8 Å². The number of nitrogens with zero attached hydrogens (tertiary/aromatic N) is 5. The average molecular weight is 307 g/mol. The molecule has 0 spiro atoms. The molecule has 1 aliphatic rings. The molecule has 4 heterocycles. The van der Waals surface area contributed by atoms with Crippen LogP contribution in [0.5, 0.6) is 0 Å². The predicted octanol–water partition coefficient (Wildman–Crippen LogP) is 3.04. The third-order valence-corrected chi connectivity index (χ3v) is 4.63. The Morgan fingerprint density at radius 3 is 2.70 bits per heavy atom. The molecule has 0 N–H and O–H groups in total. The Labute approximate surface area is 136 Å². The van der Waals surface area contributed by atoms with E-state index in [1.165, 1.54) is 11.4 Å². The van der Waals surface area contributed by atoms with Crippen LogP contribution in [0.15, 0.2) is 55.1 Å². The molecule has 0 fully saturated rings. The Morgan fingerprint density at radius 2 is 1.87 bits per heavy atom. The van der Waals surface area contributed by atoms with Gasteiger partial charge in [0.1, 0.15) is 0 Å². The lowest BCUT2D eigenvalue weighted by Gasteiger charge is -2.36. The van der Waals surface area contributed by atoms with Gasteiger partial charge in [0.05, 0.1) is 6.04 Å². The van der Waals surface area contributed by atoms with E-state index in [1.807, 2.05) is 12.3 Å². The lowest BCUT2D eigenvalue weighted by atomic mass is 10.1. The molecule has 0 bridgehead atoms. The SMILES string of the molecule is CC[C@H]1c2cccn2CCN1Cc1cccn1-c1ncccn1. The highest BCUT2D eigenvalue weighted by Gasteiger charge is 2.26. The van der Waals surface area contributed by atoms with Gasteiger partial charge in [-0.15, -0.1) is 0 Å². The molecule has 4 rings (SSSR count). The van der Waals surface area contributed by atoms with Crippen LogP contribution >= 0.6 is 0 Å². The van der Waals surface area contributed by atoms with Crippen molar-refractivity contribution in [1.82, 2.24) is 24.0 Å². The minimum absolute atomic E-state index is 0.471. The van der Waals surface area contributed by atoms with Gasteiger partial charge < -0.3 is 4.57 Å². The minimum Gasteiger partial charge on any atom is -0.349 e. The van der Waals surface area contributed by atoms with E-state index >= 15 is 0 Å². The van der Waals surface area contributed by atoms with Crippen molar-refractivity contribution < 1.29 is 0 Å². The summed E-state index contributed by atoms with van der Waals surface area (Å²) >= 11 is 0. The van der Waals surface area contributed by atoms with Crippen molar-refractivity contribution >= 4 is 0 Å². The molecule has 118 valence electrons. The fourth-order valence-electron chi connectivity index (χ4n) is 3.53. The van der Waals surface area contributed by atoms with Crippen molar-refractivity contribution in [2.75, 3.05) is 6.54 Å². The molecule has 0 radical (unpaired) electrons. The van der Waals surface area contributed by atoms with E-state index in [4.69, 9.17) is 0 Å². The lowest BCUT2D eigenvalue weighted by Crippen LogP contribution is -2.37. The molecular formula is C18H21N5. The van der Waals surface area contributed by atoms with E-state index < -0.39 is 0 Å². The largest absolute Gasteiger partial charge is 0.349 e. The lowest BCUT2D eigenvalue weighted by molar-refractivity contribution is 0.141. The molecule has 23 heavy (non-hydrogen) atoms. The first-order valence-electron chi connectivity index (χ1n) is 8.19. The molecule has 1 aliphatic heterocycles. The van der Waals surface area contributed by atoms with Crippen LogP contribution in [0.1, 0.15) is 30.8 Å². The molecule has 0 aliphatic carbocycles. The summed E-state index contributed by atoms with van der Waals surface area (Å²) in [5.41, 5.74) is 2.66. The second kappa shape index (κ2) is 6.01. The highest BCUT2D eigenvalue weighted by Crippen LogP contribution is 2.30. The minimum atomic E-state index is 0.471. The fourth-order valence-corrected chi connectivity index (χ4v) is 3.53. The summed E-state index contributed by atoms with van der Waals surface area (Å²) in [6.07, 6.45) is 8.92. The van der Waals surface area contributed by atoms with Gasteiger partial charge >= 0.3 is 0 Å². The molecule has 0 saturated carbocycles. The zero-order chi connectivity index (χ0) is 15.6. The summed E-state index contributed by atoms with van der Waals surface area (Å²) in [7, 11) is 0. The van der Waals surface area contributed by atoms with Gasteiger partial charge in [0.2, 0.25) is 5.95 Å². The fraction of sp³-hybridized carbons (Fsp3) is 0.333. The van der Waals surface area contributed by atoms with Gasteiger partial charge in [-0.2, -0.15) is 0 Å². The van der Waals surface area contributed by atoms with E-state index in [2.05, 4.69) is 61.4 Å². The van der Waals surface area contributed by atoms with Gasteiger partial charge in [-0.3, -0.25) is 9.47 Å². The standard InChI is InChI=1S/C18H21N5/c1-2-16-17-7-4-10-21(17)12-13-22(16)14-15-6-3-11-23(15)18-19-8-5-9-20-18/h3-11,16H,2,12-14H2,1H3/t16-/m0/s1. The summed E-state index contributed by atoms with van der Waals surface area (Å²) in [6, 6.07) is 11.0. The monoisotopic (exact) mass is 307 g/mol.